The van der Waals surface area contributed by atoms with E-state index in [4.69, 9.17) is 43.0 Å². The zero-order chi connectivity index (χ0) is 21.7. The number of nitrogens with zero attached hydrogens (tertiary/aromatic N) is 2. The molecule has 1 heterocycles. The van der Waals surface area contributed by atoms with Gasteiger partial charge in [0, 0.05) is 40.5 Å². The van der Waals surface area contributed by atoms with Crippen LogP contribution in [-0.4, -0.2) is 34.2 Å². The van der Waals surface area contributed by atoms with E-state index in [2.05, 4.69) is 15.5 Å². The maximum absolute atomic E-state index is 11.7. The van der Waals surface area contributed by atoms with Gasteiger partial charge in [-0.1, -0.05) is 23.2 Å². The molecule has 2 N–H and O–H groups in total. The number of hydrogen-bond donors (Lipinski definition) is 2. The summed E-state index contributed by atoms with van der Waals surface area (Å²) in [6.07, 6.45) is 4.26. The van der Waals surface area contributed by atoms with Gasteiger partial charge in [0.2, 0.25) is 0 Å². The number of benzene rings is 1. The number of rotatable bonds is 3. The van der Waals surface area contributed by atoms with Crippen LogP contribution >= 0.6 is 23.2 Å². The molecule has 1 aromatic carbocycles. The number of hydrazone groups is 1. The van der Waals surface area contributed by atoms with E-state index in [9.17, 15) is 9.90 Å². The number of carbonyl (C=O) groups is 3. The van der Waals surface area contributed by atoms with E-state index in [1.54, 1.807) is 12.1 Å². The molecule has 0 aliphatic carbocycles. The second-order valence-electron chi connectivity index (χ2n) is 4.74. The first kappa shape index (κ1) is 28.7. The first-order chi connectivity index (χ1) is 13.0. The van der Waals surface area contributed by atoms with Crippen molar-refractivity contribution < 1.29 is 49.2 Å². The van der Waals surface area contributed by atoms with E-state index in [1.165, 1.54) is 30.7 Å². The van der Waals surface area contributed by atoms with E-state index >= 15 is 0 Å². The molecule has 0 fully saturated rings. The van der Waals surface area contributed by atoms with Gasteiger partial charge in [-0.3, -0.25) is 9.78 Å². The number of aromatic hydroxyl groups is 1. The minimum atomic E-state index is -1.08. The molecule has 1 aromatic heterocycles. The number of aromatic nitrogens is 1. The van der Waals surface area contributed by atoms with Crippen molar-refractivity contribution in [3.63, 3.8) is 0 Å². The van der Waals surface area contributed by atoms with Crippen LogP contribution in [0.15, 0.2) is 41.8 Å². The largest absolute Gasteiger partial charge is 2.00 e. The minimum Gasteiger partial charge on any atom is -0.550 e. The first-order valence-electron chi connectivity index (χ1n) is 7.31. The molecule has 9 nitrogen and oxygen atoms in total. The van der Waals surface area contributed by atoms with Crippen LogP contribution in [0, 0.1) is 0 Å². The van der Waals surface area contributed by atoms with Crippen LogP contribution in [0.5, 0.6) is 5.75 Å². The minimum absolute atomic E-state index is 0. The molecule has 0 aliphatic rings. The van der Waals surface area contributed by atoms with Gasteiger partial charge in [-0.2, -0.15) is 5.10 Å². The molecule has 0 aliphatic heterocycles. The number of amides is 1. The summed E-state index contributed by atoms with van der Waals surface area (Å²) >= 11 is 11.6. The van der Waals surface area contributed by atoms with Gasteiger partial charge in [0.15, 0.2) is 0 Å². The Morgan fingerprint density at radius 3 is 2.07 bits per heavy atom. The van der Waals surface area contributed by atoms with Crippen molar-refractivity contribution >= 4 is 47.3 Å². The number of aliphatic carboxylic acids is 2. The van der Waals surface area contributed by atoms with Crippen molar-refractivity contribution in [2.75, 3.05) is 0 Å². The van der Waals surface area contributed by atoms with Gasteiger partial charge in [-0.25, -0.2) is 5.43 Å². The molecule has 29 heavy (non-hydrogen) atoms. The monoisotopic (exact) mass is 491 g/mol. The smallest absolute Gasteiger partial charge is 0.550 e. The summed E-state index contributed by atoms with van der Waals surface area (Å²) in [6, 6.07) is 5.99. The Bertz CT molecular complexity index is 831. The summed E-state index contributed by atoms with van der Waals surface area (Å²) < 4.78 is 0. The fourth-order valence-electron chi connectivity index (χ4n) is 1.41. The zero-order valence-corrected chi connectivity index (χ0v) is 19.9. The van der Waals surface area contributed by atoms with Crippen molar-refractivity contribution in [2.45, 2.75) is 13.8 Å². The van der Waals surface area contributed by atoms with Crippen LogP contribution in [0.3, 0.4) is 0 Å². The van der Waals surface area contributed by atoms with Gasteiger partial charge >= 0.3 is 19.5 Å². The third kappa shape index (κ3) is 14.2. The summed E-state index contributed by atoms with van der Waals surface area (Å²) in [5.41, 5.74) is 3.04. The van der Waals surface area contributed by atoms with E-state index in [-0.39, 0.29) is 30.3 Å². The Morgan fingerprint density at radius 2 is 1.59 bits per heavy atom. The number of hydrogen-bond acceptors (Lipinski definition) is 8. The van der Waals surface area contributed by atoms with Crippen molar-refractivity contribution in [1.29, 1.82) is 0 Å². The Kier molecular flexibility index (Phi) is 15.2. The second-order valence-corrected chi connectivity index (χ2v) is 5.59. The molecular weight excluding hydrogens is 478 g/mol. The number of pyridine rings is 1. The number of phenolic OH excluding ortho intramolecular Hbond substituents is 1. The number of carboxylic acid groups (broad SMARTS) is 2. The maximum atomic E-state index is 11.7. The molecule has 0 spiro atoms. The fourth-order valence-corrected chi connectivity index (χ4v) is 1.92. The van der Waals surface area contributed by atoms with Crippen LogP contribution in [0.25, 0.3) is 0 Å². The summed E-state index contributed by atoms with van der Waals surface area (Å²) in [5.74, 6) is -2.71. The number of carboxylic acids is 2. The van der Waals surface area contributed by atoms with E-state index in [0.717, 1.165) is 13.8 Å². The second kappa shape index (κ2) is 15.4. The Hall–Kier alpha value is -2.55. The summed E-state index contributed by atoms with van der Waals surface area (Å²) in [6.45, 7) is 1.94. The molecule has 2 rings (SSSR count). The molecule has 0 unspecified atom stereocenters. The molecule has 0 radical (unpaired) electrons. The topological polar surface area (TPSA) is 155 Å². The molecule has 150 valence electrons. The van der Waals surface area contributed by atoms with Gasteiger partial charge in [0.25, 0.3) is 5.91 Å². The van der Waals surface area contributed by atoms with Gasteiger partial charge in [-0.05, 0) is 38.1 Å². The van der Waals surface area contributed by atoms with Crippen molar-refractivity contribution in [1.82, 2.24) is 10.4 Å². The maximum Gasteiger partial charge on any atom is 2.00 e. The van der Waals surface area contributed by atoms with E-state index in [1.807, 2.05) is 0 Å². The number of halogens is 2. The van der Waals surface area contributed by atoms with Gasteiger partial charge in [0.1, 0.15) is 5.75 Å². The van der Waals surface area contributed by atoms with E-state index in [0.29, 0.717) is 16.1 Å². The summed E-state index contributed by atoms with van der Waals surface area (Å²) in [7, 11) is 0. The Balaban J connectivity index is 0. The van der Waals surface area contributed by atoms with Crippen LogP contribution in [0.1, 0.15) is 29.8 Å². The van der Waals surface area contributed by atoms with Crippen molar-refractivity contribution in [3.05, 3.63) is 57.8 Å². The average molecular weight is 494 g/mol. The standard InChI is InChI=1S/C13H9Cl2N3O2.2C2H4O2.Zn/c14-10-5-9(12(19)11(15)6-10)7-17-18-13(20)8-1-3-16-4-2-8;2*1-2(3)4;/h1-7,19H,(H,18,20);2*1H3,(H,3,4);/q;;;+2/p-2. The first-order valence-corrected chi connectivity index (χ1v) is 8.06. The average Bonchev–Trinajstić information content (AvgIpc) is 2.58. The van der Waals surface area contributed by atoms with Crippen LogP contribution in [0.2, 0.25) is 10.0 Å². The molecule has 0 atom stereocenters. The third-order valence-corrected chi connectivity index (χ3v) is 2.88. The fraction of sp³-hybridized carbons (Fsp3) is 0.118. The molecule has 12 heteroatoms. The quantitative estimate of drug-likeness (QED) is 0.355. The Morgan fingerprint density at radius 1 is 1.10 bits per heavy atom. The molecule has 0 saturated heterocycles. The van der Waals surface area contributed by atoms with Crippen molar-refractivity contribution in [3.8, 4) is 5.75 Å². The molecule has 2 aromatic rings. The zero-order valence-electron chi connectivity index (χ0n) is 15.4. The summed E-state index contributed by atoms with van der Waals surface area (Å²) in [4.78, 5) is 33.3. The van der Waals surface area contributed by atoms with Crippen LogP contribution < -0.4 is 15.6 Å². The number of phenols is 1. The number of nitrogens with one attached hydrogen (secondary N) is 1. The van der Waals surface area contributed by atoms with E-state index < -0.39 is 17.8 Å². The van der Waals surface area contributed by atoms with Gasteiger partial charge in [-0.15, -0.1) is 0 Å². The SMILES string of the molecule is CC(=O)[O-].CC(=O)[O-].O=C(NN=Cc1cc(Cl)cc(Cl)c1O)c1ccncc1.[Zn+2]. The van der Waals surface area contributed by atoms with Crippen LogP contribution in [0.4, 0.5) is 0 Å². The van der Waals surface area contributed by atoms with Crippen LogP contribution in [-0.2, 0) is 29.1 Å². The van der Waals surface area contributed by atoms with Gasteiger partial charge < -0.3 is 24.9 Å². The molecule has 0 bridgehead atoms. The molecular formula is C17H15Cl2N3O6Zn. The Labute approximate surface area is 189 Å². The predicted molar refractivity (Wildman–Crippen MR) is 98.8 cm³/mol. The van der Waals surface area contributed by atoms with Crippen molar-refractivity contribution in [2.24, 2.45) is 5.10 Å². The molecule has 0 saturated carbocycles. The number of carbonyl (C=O) groups excluding carboxylic acids is 3. The molecule has 1 amide bonds. The third-order valence-electron chi connectivity index (χ3n) is 2.37. The normalized spacial score (nSPS) is 9.10. The summed E-state index contributed by atoms with van der Waals surface area (Å²) in [5, 5.41) is 31.7. The van der Waals surface area contributed by atoms with Gasteiger partial charge in [0.05, 0.1) is 11.2 Å². The predicted octanol–water partition coefficient (Wildman–Crippen LogP) is 0.368.